The van der Waals surface area contributed by atoms with E-state index in [9.17, 15) is 8.42 Å². The zero-order valence-electron chi connectivity index (χ0n) is 10.6. The normalized spacial score (nSPS) is 12.6. The molecule has 0 heterocycles. The van der Waals surface area contributed by atoms with Gasteiger partial charge in [-0.1, -0.05) is 23.4 Å². The Morgan fingerprint density at radius 2 is 2.16 bits per heavy atom. The minimum absolute atomic E-state index is 0.0561. The molecular formula is C11H18N4O3S. The van der Waals surface area contributed by atoms with E-state index in [1.54, 1.807) is 18.2 Å². The second kappa shape index (κ2) is 7.07. The lowest BCUT2D eigenvalue weighted by Gasteiger charge is -2.07. The first-order valence-corrected chi connectivity index (χ1v) is 7.53. The largest absolute Gasteiger partial charge is 0.409 e. The summed E-state index contributed by atoms with van der Waals surface area (Å²) in [6.45, 7) is 1.41. The van der Waals surface area contributed by atoms with Crippen LogP contribution in [0.1, 0.15) is 11.1 Å². The number of rotatable bonds is 7. The van der Waals surface area contributed by atoms with Crippen LogP contribution in [0.2, 0.25) is 0 Å². The molecule has 0 saturated carbocycles. The summed E-state index contributed by atoms with van der Waals surface area (Å²) in [5.74, 6) is 0.0561. The van der Waals surface area contributed by atoms with E-state index >= 15 is 0 Å². The van der Waals surface area contributed by atoms with Crippen LogP contribution in [-0.2, 0) is 16.6 Å². The van der Waals surface area contributed by atoms with Gasteiger partial charge in [-0.2, -0.15) is 0 Å². The molecule has 0 aliphatic carbocycles. The van der Waals surface area contributed by atoms with Crippen LogP contribution in [0.25, 0.3) is 0 Å². The standard InChI is InChI=1S/C11H18N4O3S/c1-19(17,18)14-6-5-13-8-9-3-2-4-10(7-9)11(12)15-16/h2-4,7,13-14,16H,5-6,8H2,1H3,(H2,12,15). The number of amidine groups is 1. The maximum absolute atomic E-state index is 10.8. The van der Waals surface area contributed by atoms with Crippen LogP contribution in [-0.4, -0.2) is 38.8 Å². The molecule has 0 radical (unpaired) electrons. The van der Waals surface area contributed by atoms with E-state index in [1.807, 2.05) is 6.07 Å². The molecule has 1 rings (SSSR count). The number of nitrogens with zero attached hydrogens (tertiary/aromatic N) is 1. The summed E-state index contributed by atoms with van der Waals surface area (Å²) in [6, 6.07) is 7.24. The van der Waals surface area contributed by atoms with Gasteiger partial charge in [0.05, 0.1) is 6.26 Å². The van der Waals surface area contributed by atoms with E-state index in [4.69, 9.17) is 10.9 Å². The fraction of sp³-hybridized carbons (Fsp3) is 0.364. The molecule has 19 heavy (non-hydrogen) atoms. The average molecular weight is 286 g/mol. The van der Waals surface area contributed by atoms with E-state index in [0.717, 1.165) is 11.8 Å². The third-order valence-corrected chi connectivity index (χ3v) is 3.05. The maximum atomic E-state index is 10.8. The van der Waals surface area contributed by atoms with Crippen LogP contribution < -0.4 is 15.8 Å². The van der Waals surface area contributed by atoms with Crippen molar-refractivity contribution in [2.24, 2.45) is 10.9 Å². The van der Waals surface area contributed by atoms with Crippen molar-refractivity contribution in [2.45, 2.75) is 6.54 Å². The van der Waals surface area contributed by atoms with Gasteiger partial charge in [0.25, 0.3) is 0 Å². The van der Waals surface area contributed by atoms with Crippen LogP contribution >= 0.6 is 0 Å². The van der Waals surface area contributed by atoms with Gasteiger partial charge in [0.15, 0.2) is 5.84 Å². The highest BCUT2D eigenvalue weighted by molar-refractivity contribution is 7.88. The zero-order chi connectivity index (χ0) is 14.3. The van der Waals surface area contributed by atoms with Crippen molar-refractivity contribution in [3.05, 3.63) is 35.4 Å². The molecule has 0 unspecified atom stereocenters. The summed E-state index contributed by atoms with van der Waals surface area (Å²) in [5, 5.41) is 14.6. The number of benzene rings is 1. The summed E-state index contributed by atoms with van der Waals surface area (Å²) in [5.41, 5.74) is 7.09. The molecular weight excluding hydrogens is 268 g/mol. The quantitative estimate of drug-likeness (QED) is 0.176. The maximum Gasteiger partial charge on any atom is 0.208 e. The predicted octanol–water partition coefficient (Wildman–Crippen LogP) is -0.580. The third kappa shape index (κ3) is 6.18. The minimum atomic E-state index is -3.14. The predicted molar refractivity (Wildman–Crippen MR) is 73.5 cm³/mol. The molecule has 0 bridgehead atoms. The van der Waals surface area contributed by atoms with Gasteiger partial charge >= 0.3 is 0 Å². The smallest absolute Gasteiger partial charge is 0.208 e. The van der Waals surface area contributed by atoms with Gasteiger partial charge < -0.3 is 16.3 Å². The molecule has 0 aromatic heterocycles. The summed E-state index contributed by atoms with van der Waals surface area (Å²) >= 11 is 0. The topological polar surface area (TPSA) is 117 Å². The van der Waals surface area contributed by atoms with Gasteiger partial charge in [-0.3, -0.25) is 0 Å². The van der Waals surface area contributed by atoms with E-state index in [0.29, 0.717) is 25.2 Å². The number of hydrogen-bond acceptors (Lipinski definition) is 5. The Morgan fingerprint density at radius 3 is 2.79 bits per heavy atom. The number of sulfonamides is 1. The number of oxime groups is 1. The molecule has 1 aromatic rings. The van der Waals surface area contributed by atoms with E-state index in [2.05, 4.69) is 15.2 Å². The Bertz CT molecular complexity index is 543. The van der Waals surface area contributed by atoms with Gasteiger partial charge in [-0.05, 0) is 11.6 Å². The molecule has 0 spiro atoms. The summed E-state index contributed by atoms with van der Waals surface area (Å²) < 4.78 is 24.0. The van der Waals surface area contributed by atoms with E-state index < -0.39 is 10.0 Å². The summed E-state index contributed by atoms with van der Waals surface area (Å²) in [7, 11) is -3.14. The fourth-order valence-electron chi connectivity index (χ4n) is 1.46. The first-order valence-electron chi connectivity index (χ1n) is 5.64. The van der Waals surface area contributed by atoms with Gasteiger partial charge in [0, 0.05) is 25.2 Å². The van der Waals surface area contributed by atoms with Crippen molar-refractivity contribution in [1.29, 1.82) is 0 Å². The highest BCUT2D eigenvalue weighted by Crippen LogP contribution is 2.04. The van der Waals surface area contributed by atoms with Gasteiger partial charge in [-0.25, -0.2) is 13.1 Å². The van der Waals surface area contributed by atoms with E-state index in [-0.39, 0.29) is 5.84 Å². The zero-order valence-corrected chi connectivity index (χ0v) is 11.4. The molecule has 1 aromatic carbocycles. The van der Waals surface area contributed by atoms with Crippen LogP contribution in [0, 0.1) is 0 Å². The van der Waals surface area contributed by atoms with Crippen LogP contribution in [0.15, 0.2) is 29.4 Å². The Morgan fingerprint density at radius 1 is 1.42 bits per heavy atom. The monoisotopic (exact) mass is 286 g/mol. The van der Waals surface area contributed by atoms with Crippen molar-refractivity contribution in [3.63, 3.8) is 0 Å². The Balaban J connectivity index is 2.42. The fourth-order valence-corrected chi connectivity index (χ4v) is 1.93. The highest BCUT2D eigenvalue weighted by atomic mass is 32.2. The first-order chi connectivity index (χ1) is 8.92. The molecule has 0 saturated heterocycles. The lowest BCUT2D eigenvalue weighted by atomic mass is 10.1. The summed E-state index contributed by atoms with van der Waals surface area (Å²) in [4.78, 5) is 0. The number of nitrogens with two attached hydrogens (primary N) is 1. The average Bonchev–Trinajstić information content (AvgIpc) is 2.36. The molecule has 0 aliphatic rings. The second-order valence-corrected chi connectivity index (χ2v) is 5.86. The lowest BCUT2D eigenvalue weighted by Crippen LogP contribution is -2.30. The lowest BCUT2D eigenvalue weighted by molar-refractivity contribution is 0.318. The molecule has 5 N–H and O–H groups in total. The van der Waals surface area contributed by atoms with Crippen molar-refractivity contribution in [3.8, 4) is 0 Å². The Kier molecular flexibility index (Phi) is 5.74. The van der Waals surface area contributed by atoms with Gasteiger partial charge in [0.1, 0.15) is 0 Å². The minimum Gasteiger partial charge on any atom is -0.409 e. The van der Waals surface area contributed by atoms with Crippen molar-refractivity contribution in [1.82, 2.24) is 10.0 Å². The summed E-state index contributed by atoms with van der Waals surface area (Å²) in [6.07, 6.45) is 1.12. The van der Waals surface area contributed by atoms with Crippen LogP contribution in [0.5, 0.6) is 0 Å². The van der Waals surface area contributed by atoms with Crippen molar-refractivity contribution < 1.29 is 13.6 Å². The third-order valence-electron chi connectivity index (χ3n) is 2.33. The highest BCUT2D eigenvalue weighted by Gasteiger charge is 2.01. The molecule has 0 aliphatic heterocycles. The van der Waals surface area contributed by atoms with Crippen LogP contribution in [0.4, 0.5) is 0 Å². The molecule has 7 nitrogen and oxygen atoms in total. The molecule has 0 atom stereocenters. The molecule has 106 valence electrons. The van der Waals surface area contributed by atoms with Crippen molar-refractivity contribution in [2.75, 3.05) is 19.3 Å². The molecule has 8 heteroatoms. The first kappa shape index (κ1) is 15.4. The number of hydrogen-bond donors (Lipinski definition) is 4. The van der Waals surface area contributed by atoms with Crippen LogP contribution in [0.3, 0.4) is 0 Å². The van der Waals surface area contributed by atoms with E-state index in [1.165, 1.54) is 0 Å². The number of nitrogens with one attached hydrogen (secondary N) is 2. The Hall–Kier alpha value is -1.64. The second-order valence-electron chi connectivity index (χ2n) is 4.03. The Labute approximate surface area is 112 Å². The van der Waals surface area contributed by atoms with Gasteiger partial charge in [0.2, 0.25) is 10.0 Å². The SMILES string of the molecule is CS(=O)(=O)NCCNCc1cccc(C(N)=NO)c1. The van der Waals surface area contributed by atoms with Gasteiger partial charge in [-0.15, -0.1) is 0 Å². The molecule has 0 amide bonds. The molecule has 0 fully saturated rings. The van der Waals surface area contributed by atoms with Crippen molar-refractivity contribution >= 4 is 15.9 Å².